The molecule has 1 aromatic heterocycles. The van der Waals surface area contributed by atoms with Gasteiger partial charge in [-0.25, -0.2) is 0 Å². The Morgan fingerprint density at radius 3 is 2.87 bits per heavy atom. The third kappa shape index (κ3) is 3.96. The predicted molar refractivity (Wildman–Crippen MR) is 60.3 cm³/mol. The van der Waals surface area contributed by atoms with E-state index in [0.717, 1.165) is 19.3 Å². The number of unbranched alkanes of at least 4 members (excludes halogenated alkanes) is 2. The van der Waals surface area contributed by atoms with Gasteiger partial charge in [0.1, 0.15) is 5.76 Å². The average molecular weight is 230 g/mol. The Hall–Kier alpha value is -0.960. The van der Waals surface area contributed by atoms with Crippen LogP contribution in [0.25, 0.3) is 0 Å². The molecule has 1 heterocycles. The van der Waals surface area contributed by atoms with Gasteiger partial charge in [-0.3, -0.25) is 4.79 Å². The van der Waals surface area contributed by atoms with Gasteiger partial charge >= 0.3 is 0 Å². The maximum absolute atomic E-state index is 11.6. The van der Waals surface area contributed by atoms with E-state index in [2.05, 4.69) is 5.32 Å². The van der Waals surface area contributed by atoms with Gasteiger partial charge in [-0.1, -0.05) is 6.42 Å². The molecule has 0 spiro atoms. The molecule has 0 saturated carbocycles. The number of hydrogen-bond acceptors (Lipinski definition) is 2. The SMILES string of the molecule is Cc1occc1C(=O)NCCCCCCl. The Bertz CT molecular complexity index is 309. The van der Waals surface area contributed by atoms with Crippen molar-refractivity contribution in [2.75, 3.05) is 12.4 Å². The highest BCUT2D eigenvalue weighted by Crippen LogP contribution is 2.08. The molecule has 0 aliphatic rings. The molecule has 0 radical (unpaired) electrons. The monoisotopic (exact) mass is 229 g/mol. The van der Waals surface area contributed by atoms with Crippen molar-refractivity contribution in [3.8, 4) is 0 Å². The Morgan fingerprint density at radius 1 is 1.47 bits per heavy atom. The van der Waals surface area contributed by atoms with Crippen LogP contribution in [0.3, 0.4) is 0 Å². The smallest absolute Gasteiger partial charge is 0.254 e. The molecule has 1 N–H and O–H groups in total. The zero-order chi connectivity index (χ0) is 11.1. The van der Waals surface area contributed by atoms with Gasteiger partial charge < -0.3 is 9.73 Å². The van der Waals surface area contributed by atoms with Gasteiger partial charge in [-0.15, -0.1) is 11.6 Å². The quantitative estimate of drug-likeness (QED) is 0.602. The predicted octanol–water partition coefficient (Wildman–Crippen LogP) is 2.73. The molecule has 0 unspecified atom stereocenters. The maximum atomic E-state index is 11.6. The third-order valence-electron chi connectivity index (χ3n) is 2.20. The van der Waals surface area contributed by atoms with Crippen LogP contribution in [-0.2, 0) is 0 Å². The summed E-state index contributed by atoms with van der Waals surface area (Å²) in [5.41, 5.74) is 0.618. The van der Waals surface area contributed by atoms with E-state index >= 15 is 0 Å². The van der Waals surface area contributed by atoms with E-state index in [1.807, 2.05) is 0 Å². The number of rotatable bonds is 6. The molecule has 1 aromatic rings. The molecule has 0 aliphatic carbocycles. The Labute approximate surface area is 94.8 Å². The molecule has 4 heteroatoms. The Balaban J connectivity index is 2.22. The number of amides is 1. The molecular weight excluding hydrogens is 214 g/mol. The van der Waals surface area contributed by atoms with Gasteiger partial charge in [-0.05, 0) is 25.8 Å². The topological polar surface area (TPSA) is 42.2 Å². The fraction of sp³-hybridized carbons (Fsp3) is 0.545. The zero-order valence-electron chi connectivity index (χ0n) is 8.88. The van der Waals surface area contributed by atoms with Crippen LogP contribution in [0.2, 0.25) is 0 Å². The van der Waals surface area contributed by atoms with Crippen LogP contribution in [-0.4, -0.2) is 18.3 Å². The van der Waals surface area contributed by atoms with Gasteiger partial charge in [0.2, 0.25) is 0 Å². The molecular formula is C11H16ClNO2. The first-order chi connectivity index (χ1) is 7.25. The molecule has 0 aliphatic heterocycles. The van der Waals surface area contributed by atoms with Crippen molar-refractivity contribution < 1.29 is 9.21 Å². The Kier molecular flexibility index (Phi) is 5.26. The minimum absolute atomic E-state index is 0.0628. The highest BCUT2D eigenvalue weighted by Gasteiger charge is 2.09. The summed E-state index contributed by atoms with van der Waals surface area (Å²) in [6.07, 6.45) is 4.55. The zero-order valence-corrected chi connectivity index (χ0v) is 9.64. The van der Waals surface area contributed by atoms with E-state index in [0.29, 0.717) is 23.7 Å². The van der Waals surface area contributed by atoms with E-state index in [1.165, 1.54) is 6.26 Å². The second-order valence-corrected chi connectivity index (χ2v) is 3.77. The van der Waals surface area contributed by atoms with Crippen LogP contribution >= 0.6 is 11.6 Å². The van der Waals surface area contributed by atoms with Crippen molar-refractivity contribution in [2.45, 2.75) is 26.2 Å². The lowest BCUT2D eigenvalue weighted by Gasteiger charge is -2.03. The summed E-state index contributed by atoms with van der Waals surface area (Å²) in [5.74, 6) is 1.29. The molecule has 0 saturated heterocycles. The summed E-state index contributed by atoms with van der Waals surface area (Å²) in [5, 5.41) is 2.84. The summed E-state index contributed by atoms with van der Waals surface area (Å²) >= 11 is 5.55. The van der Waals surface area contributed by atoms with Crippen LogP contribution in [0.4, 0.5) is 0 Å². The van der Waals surface area contributed by atoms with E-state index in [1.54, 1.807) is 13.0 Å². The summed E-state index contributed by atoms with van der Waals surface area (Å²) in [6, 6.07) is 1.68. The van der Waals surface area contributed by atoms with Crippen molar-refractivity contribution in [1.82, 2.24) is 5.32 Å². The van der Waals surface area contributed by atoms with Crippen LogP contribution in [0.5, 0.6) is 0 Å². The van der Waals surface area contributed by atoms with Crippen molar-refractivity contribution in [3.05, 3.63) is 23.7 Å². The first-order valence-corrected chi connectivity index (χ1v) is 5.67. The van der Waals surface area contributed by atoms with Crippen LogP contribution in [0, 0.1) is 6.92 Å². The minimum Gasteiger partial charge on any atom is -0.469 e. The van der Waals surface area contributed by atoms with Crippen molar-refractivity contribution in [2.24, 2.45) is 0 Å². The lowest BCUT2D eigenvalue weighted by Crippen LogP contribution is -2.24. The Morgan fingerprint density at radius 2 is 2.27 bits per heavy atom. The normalized spacial score (nSPS) is 10.3. The molecule has 1 amide bonds. The fourth-order valence-electron chi connectivity index (χ4n) is 1.31. The van der Waals surface area contributed by atoms with E-state index < -0.39 is 0 Å². The maximum Gasteiger partial charge on any atom is 0.254 e. The molecule has 0 aromatic carbocycles. The third-order valence-corrected chi connectivity index (χ3v) is 2.47. The van der Waals surface area contributed by atoms with Gasteiger partial charge in [0.05, 0.1) is 11.8 Å². The standard InChI is InChI=1S/C11H16ClNO2/c1-9-10(5-8-15-9)11(14)13-7-4-2-3-6-12/h5,8H,2-4,6-7H2,1H3,(H,13,14). The molecule has 0 fully saturated rings. The molecule has 0 atom stereocenters. The van der Waals surface area contributed by atoms with Crippen molar-refractivity contribution in [1.29, 1.82) is 0 Å². The molecule has 1 rings (SSSR count). The summed E-state index contributed by atoms with van der Waals surface area (Å²) < 4.78 is 5.05. The number of alkyl halides is 1. The van der Waals surface area contributed by atoms with E-state index in [-0.39, 0.29) is 5.91 Å². The fourth-order valence-corrected chi connectivity index (χ4v) is 1.50. The molecule has 15 heavy (non-hydrogen) atoms. The molecule has 0 bridgehead atoms. The summed E-state index contributed by atoms with van der Waals surface area (Å²) in [4.78, 5) is 11.6. The molecule has 3 nitrogen and oxygen atoms in total. The number of furan rings is 1. The number of carbonyl (C=O) groups is 1. The summed E-state index contributed by atoms with van der Waals surface area (Å²) in [6.45, 7) is 2.47. The largest absolute Gasteiger partial charge is 0.469 e. The van der Waals surface area contributed by atoms with Gasteiger partial charge in [-0.2, -0.15) is 0 Å². The van der Waals surface area contributed by atoms with Crippen molar-refractivity contribution >= 4 is 17.5 Å². The highest BCUT2D eigenvalue weighted by molar-refractivity contribution is 6.17. The van der Waals surface area contributed by atoms with Crippen molar-refractivity contribution in [3.63, 3.8) is 0 Å². The van der Waals surface area contributed by atoms with Crippen LogP contribution < -0.4 is 5.32 Å². The van der Waals surface area contributed by atoms with E-state index in [4.69, 9.17) is 16.0 Å². The van der Waals surface area contributed by atoms with Gasteiger partial charge in [0.15, 0.2) is 0 Å². The highest BCUT2D eigenvalue weighted by atomic mass is 35.5. The second-order valence-electron chi connectivity index (χ2n) is 3.40. The van der Waals surface area contributed by atoms with Crippen LogP contribution in [0.15, 0.2) is 16.7 Å². The first-order valence-electron chi connectivity index (χ1n) is 5.14. The second kappa shape index (κ2) is 6.51. The lowest BCUT2D eigenvalue weighted by atomic mass is 10.2. The lowest BCUT2D eigenvalue weighted by molar-refractivity contribution is 0.0951. The number of aryl methyl sites for hydroxylation is 1. The number of carbonyl (C=O) groups excluding carboxylic acids is 1. The van der Waals surface area contributed by atoms with Gasteiger partial charge in [0, 0.05) is 12.4 Å². The minimum atomic E-state index is -0.0628. The average Bonchev–Trinajstić information content (AvgIpc) is 2.64. The summed E-state index contributed by atoms with van der Waals surface area (Å²) in [7, 11) is 0. The number of nitrogens with one attached hydrogen (secondary N) is 1. The van der Waals surface area contributed by atoms with E-state index in [9.17, 15) is 4.79 Å². The first kappa shape index (κ1) is 12.1. The van der Waals surface area contributed by atoms with Crippen LogP contribution in [0.1, 0.15) is 35.4 Å². The number of halogens is 1. The molecule has 84 valence electrons. The number of hydrogen-bond donors (Lipinski definition) is 1. The van der Waals surface area contributed by atoms with Gasteiger partial charge in [0.25, 0.3) is 5.91 Å².